The summed E-state index contributed by atoms with van der Waals surface area (Å²) >= 11 is 0. The largest absolute Gasteiger partial charge is 1.00 e. The van der Waals surface area contributed by atoms with Gasteiger partial charge in [0.15, 0.2) is 0 Å². The SMILES string of the molecule is O=N[O-].O=[N+]([O-])[O-].[NH4+].[Na+]. The van der Waals surface area contributed by atoms with Crippen LogP contribution >= 0.6 is 0 Å². The van der Waals surface area contributed by atoms with Crippen LogP contribution in [0.15, 0.2) is 5.34 Å². The molecule has 0 spiro atoms. The summed E-state index contributed by atoms with van der Waals surface area (Å²) in [6, 6.07) is 0. The summed E-state index contributed by atoms with van der Waals surface area (Å²) in [5.74, 6) is 0. The zero-order valence-electron chi connectivity index (χ0n) is 4.94. The Morgan fingerprint density at radius 1 is 1.33 bits per heavy atom. The first-order valence-electron chi connectivity index (χ1n) is 0.913. The van der Waals surface area contributed by atoms with Gasteiger partial charge < -0.3 is 31.6 Å². The van der Waals surface area contributed by atoms with Crippen molar-refractivity contribution >= 4 is 0 Å². The van der Waals surface area contributed by atoms with Gasteiger partial charge in [-0.3, -0.25) is 0 Å². The van der Waals surface area contributed by atoms with E-state index in [-0.39, 0.29) is 35.7 Å². The summed E-state index contributed by atoms with van der Waals surface area (Å²) in [5, 5.41) is 23.8. The predicted octanol–water partition coefficient (Wildman–Crippen LogP) is -2.61. The minimum absolute atomic E-state index is 0. The van der Waals surface area contributed by atoms with E-state index in [4.69, 9.17) is 25.4 Å². The molecular weight excluding hydrogens is 145 g/mol. The molecule has 0 atom stereocenters. The van der Waals surface area contributed by atoms with E-state index in [1.165, 1.54) is 0 Å². The molecule has 0 aromatic heterocycles. The molecule has 0 heterocycles. The van der Waals surface area contributed by atoms with E-state index in [2.05, 4.69) is 0 Å². The van der Waals surface area contributed by atoms with Crippen molar-refractivity contribution in [2.45, 2.75) is 0 Å². The van der Waals surface area contributed by atoms with E-state index in [9.17, 15) is 0 Å². The second-order valence-corrected chi connectivity index (χ2v) is 0.298. The first-order valence-corrected chi connectivity index (χ1v) is 0.913. The Kier molecular flexibility index (Phi) is 67.1. The van der Waals surface area contributed by atoms with Gasteiger partial charge in [0.2, 0.25) is 0 Å². The van der Waals surface area contributed by atoms with Crippen LogP contribution < -0.4 is 35.7 Å². The van der Waals surface area contributed by atoms with Gasteiger partial charge in [0, 0.05) is 0 Å². The number of rotatable bonds is 0. The molecule has 0 amide bonds. The molecule has 9 heteroatoms. The molecule has 0 aromatic rings. The van der Waals surface area contributed by atoms with Crippen molar-refractivity contribution in [2.24, 2.45) is 5.34 Å². The number of hydrogen-bond donors (Lipinski definition) is 1. The molecule has 0 aromatic carbocycles. The van der Waals surface area contributed by atoms with Gasteiger partial charge in [-0.2, -0.15) is 0 Å². The smallest absolute Gasteiger partial charge is 0.444 e. The summed E-state index contributed by atoms with van der Waals surface area (Å²) in [4.78, 5) is 16.2. The van der Waals surface area contributed by atoms with Gasteiger partial charge in [-0.25, -0.2) is 0 Å². The number of hydrogen-bond acceptors (Lipinski definition) is 6. The molecule has 8 nitrogen and oxygen atoms in total. The summed E-state index contributed by atoms with van der Waals surface area (Å²) in [7, 11) is 0. The topological polar surface area (TPSA) is 155 Å². The molecule has 4 N–H and O–H groups in total. The Balaban J connectivity index is -0.0000000233. The van der Waals surface area contributed by atoms with Crippen LogP contribution in [0.2, 0.25) is 0 Å². The summed E-state index contributed by atoms with van der Waals surface area (Å²) in [6.45, 7) is 0. The molecule has 9 heavy (non-hydrogen) atoms. The molecule has 0 aliphatic rings. The van der Waals surface area contributed by atoms with Crippen LogP contribution in [0.3, 0.4) is 0 Å². The van der Waals surface area contributed by atoms with Crippen molar-refractivity contribution in [2.75, 3.05) is 0 Å². The molecule has 0 saturated heterocycles. The minimum Gasteiger partial charge on any atom is -0.444 e. The fourth-order valence-electron chi connectivity index (χ4n) is 0. The van der Waals surface area contributed by atoms with Crippen LogP contribution in [0.5, 0.6) is 0 Å². The zero-order valence-corrected chi connectivity index (χ0v) is 6.94. The quantitative estimate of drug-likeness (QED) is 0.173. The molecule has 0 unspecified atom stereocenters. The normalized spacial score (nSPS) is 4.00. The zero-order chi connectivity index (χ0) is 6.28. The third kappa shape index (κ3) is 1210. The average Bonchev–Trinajstić information content (AvgIpc) is 1.33. The van der Waals surface area contributed by atoms with E-state index in [0.717, 1.165) is 5.34 Å². The van der Waals surface area contributed by atoms with Gasteiger partial charge in [-0.1, -0.05) is 0 Å². The maximum atomic E-state index is 8.25. The van der Waals surface area contributed by atoms with Crippen LogP contribution in [0.4, 0.5) is 0 Å². The van der Waals surface area contributed by atoms with E-state index >= 15 is 0 Å². The molecule has 0 fully saturated rings. The van der Waals surface area contributed by atoms with Crippen molar-refractivity contribution in [1.29, 1.82) is 0 Å². The summed E-state index contributed by atoms with van der Waals surface area (Å²) in [5.41, 5.74) is 0. The summed E-state index contributed by atoms with van der Waals surface area (Å²) in [6.07, 6.45) is 0. The van der Waals surface area contributed by atoms with E-state index in [1.54, 1.807) is 0 Å². The number of nitrogens with zero attached hydrogens (tertiary/aromatic N) is 2. The Hall–Kier alpha value is -0.440. The third-order valence-electron chi connectivity index (χ3n) is 0. The summed E-state index contributed by atoms with van der Waals surface area (Å²) < 4.78 is 0. The predicted molar refractivity (Wildman–Crippen MR) is 25.5 cm³/mol. The molecule has 0 saturated carbocycles. The van der Waals surface area contributed by atoms with E-state index in [0.29, 0.717) is 0 Å². The standard InChI is InChI=1S/NO3.HNO2.H3N.Na/c2-1(3)4;2-1-3;;/h;(H,2,3);1H3;/q-1;;;+1. The van der Waals surface area contributed by atoms with Crippen LogP contribution in [0, 0.1) is 25.4 Å². The van der Waals surface area contributed by atoms with Gasteiger partial charge in [-0.15, -0.1) is 5.34 Å². The van der Waals surface area contributed by atoms with Crippen molar-refractivity contribution in [3.05, 3.63) is 25.4 Å². The van der Waals surface area contributed by atoms with Crippen molar-refractivity contribution in [1.82, 2.24) is 6.15 Å². The van der Waals surface area contributed by atoms with Crippen LogP contribution in [-0.2, 0) is 0 Å². The Bertz CT molecular complexity index is 59.2. The molecule has 0 rings (SSSR count). The Morgan fingerprint density at radius 2 is 1.33 bits per heavy atom. The van der Waals surface area contributed by atoms with Crippen LogP contribution in [0.25, 0.3) is 0 Å². The van der Waals surface area contributed by atoms with Gasteiger partial charge >= 0.3 is 29.6 Å². The monoisotopic (exact) mass is 149 g/mol. The second kappa shape index (κ2) is 25.7. The van der Waals surface area contributed by atoms with Crippen LogP contribution in [-0.4, -0.2) is 5.09 Å². The van der Waals surface area contributed by atoms with Crippen molar-refractivity contribution in [3.63, 3.8) is 0 Å². The first kappa shape index (κ1) is 23.5. The third-order valence-corrected chi connectivity index (χ3v) is 0. The first-order chi connectivity index (χ1) is 3.15. The number of quaternary nitrogens is 1. The van der Waals surface area contributed by atoms with Gasteiger partial charge in [0.1, 0.15) is 0 Å². The molecule has 0 aliphatic carbocycles. The molecule has 0 bridgehead atoms. The molecule has 0 radical (unpaired) electrons. The maximum absolute atomic E-state index is 8.25. The second-order valence-electron chi connectivity index (χ2n) is 0.298. The van der Waals surface area contributed by atoms with E-state index in [1.807, 2.05) is 0 Å². The fourth-order valence-corrected chi connectivity index (χ4v) is 0. The Morgan fingerprint density at radius 3 is 1.33 bits per heavy atom. The molecule has 50 valence electrons. The molecular formula is H4N3NaO5. The molecule has 0 aliphatic heterocycles. The van der Waals surface area contributed by atoms with Gasteiger partial charge in [0.05, 0.1) is 5.09 Å². The van der Waals surface area contributed by atoms with Crippen molar-refractivity contribution in [3.8, 4) is 0 Å². The van der Waals surface area contributed by atoms with Crippen molar-refractivity contribution < 1.29 is 34.6 Å². The van der Waals surface area contributed by atoms with Gasteiger partial charge in [0.25, 0.3) is 0 Å². The van der Waals surface area contributed by atoms with E-state index < -0.39 is 5.09 Å². The fraction of sp³-hybridized carbons (Fsp3) is 0. The minimum atomic E-state index is -1.75. The average molecular weight is 149 g/mol. The Labute approximate surface area is 71.8 Å². The maximum Gasteiger partial charge on any atom is 1.00 e. The van der Waals surface area contributed by atoms with Crippen LogP contribution in [0.1, 0.15) is 0 Å². The van der Waals surface area contributed by atoms with Gasteiger partial charge in [-0.05, 0) is 0 Å².